The highest BCUT2D eigenvalue weighted by molar-refractivity contribution is 7.12. The fourth-order valence-electron chi connectivity index (χ4n) is 2.12. The topological polar surface area (TPSA) is 46.6 Å². The first-order valence-electron chi connectivity index (χ1n) is 5.67. The molecule has 1 aromatic rings. The Morgan fingerprint density at radius 3 is 2.94 bits per heavy atom. The van der Waals surface area contributed by atoms with Gasteiger partial charge < -0.3 is 9.64 Å². The monoisotopic (exact) mass is 265 g/mol. The Morgan fingerprint density at radius 1 is 1.67 bits per heavy atom. The summed E-state index contributed by atoms with van der Waals surface area (Å²) in [6.07, 6.45) is 2.25. The van der Waals surface area contributed by atoms with E-state index in [0.29, 0.717) is 23.5 Å². The summed E-state index contributed by atoms with van der Waals surface area (Å²) in [4.78, 5) is 25.8. The van der Waals surface area contributed by atoms with Crippen LogP contribution in [0.1, 0.15) is 21.7 Å². The van der Waals surface area contributed by atoms with Crippen molar-refractivity contribution in [3.05, 3.63) is 28.5 Å². The Kier molecular flexibility index (Phi) is 3.52. The molecule has 0 bridgehead atoms. The number of aryl methyl sites for hydroxylation is 1. The fraction of sp³-hybridized carbons (Fsp3) is 0.385. The minimum absolute atomic E-state index is 0.0338. The number of hydrogen-bond acceptors (Lipinski definition) is 4. The number of methoxy groups -OCH3 is 1. The number of esters is 1. The van der Waals surface area contributed by atoms with Gasteiger partial charge in [0.05, 0.1) is 12.8 Å². The molecule has 0 aromatic carbocycles. The first kappa shape index (κ1) is 12.8. The Morgan fingerprint density at radius 2 is 2.39 bits per heavy atom. The molecule has 0 spiro atoms. The van der Waals surface area contributed by atoms with Crippen molar-refractivity contribution in [2.24, 2.45) is 5.92 Å². The summed E-state index contributed by atoms with van der Waals surface area (Å²) in [5.41, 5.74) is 1.62. The second kappa shape index (κ2) is 4.94. The van der Waals surface area contributed by atoms with E-state index in [0.717, 1.165) is 5.56 Å². The third kappa shape index (κ3) is 2.06. The van der Waals surface area contributed by atoms with E-state index in [4.69, 9.17) is 4.74 Å². The number of rotatable bonds is 3. The highest BCUT2D eigenvalue weighted by Gasteiger charge is 2.33. The molecule has 1 aliphatic heterocycles. The molecule has 1 aliphatic rings. The first-order chi connectivity index (χ1) is 8.58. The molecular weight excluding hydrogens is 250 g/mol. The van der Waals surface area contributed by atoms with Gasteiger partial charge in [-0.2, -0.15) is 0 Å². The van der Waals surface area contributed by atoms with E-state index in [1.165, 1.54) is 18.4 Å². The normalized spacial score (nSPS) is 19.1. The molecule has 5 heteroatoms. The summed E-state index contributed by atoms with van der Waals surface area (Å²) in [6.45, 7) is 6.20. The van der Waals surface area contributed by atoms with E-state index < -0.39 is 5.97 Å². The van der Waals surface area contributed by atoms with Crippen LogP contribution in [0.25, 0.3) is 0 Å². The van der Waals surface area contributed by atoms with Gasteiger partial charge in [0.25, 0.3) is 0 Å². The zero-order valence-electron chi connectivity index (χ0n) is 10.4. The van der Waals surface area contributed by atoms with Gasteiger partial charge in [-0.15, -0.1) is 17.9 Å². The van der Waals surface area contributed by atoms with Gasteiger partial charge in [0.2, 0.25) is 5.91 Å². The van der Waals surface area contributed by atoms with Gasteiger partial charge in [0, 0.05) is 18.9 Å². The van der Waals surface area contributed by atoms with Crippen molar-refractivity contribution in [3.8, 4) is 0 Å². The number of thiophene rings is 1. The van der Waals surface area contributed by atoms with Gasteiger partial charge in [-0.05, 0) is 17.9 Å². The summed E-state index contributed by atoms with van der Waals surface area (Å²) in [5.74, 6) is -0.202. The van der Waals surface area contributed by atoms with Crippen molar-refractivity contribution in [2.45, 2.75) is 13.3 Å². The van der Waals surface area contributed by atoms with Crippen LogP contribution in [0.15, 0.2) is 18.0 Å². The molecule has 0 aliphatic carbocycles. The molecule has 18 heavy (non-hydrogen) atoms. The SMILES string of the molecule is C=CC1CC(=O)N(c2c(C)csc2C(=O)OC)C1. The molecular formula is C13H15NO3S. The number of hydrogen-bond donors (Lipinski definition) is 0. The Labute approximate surface area is 110 Å². The van der Waals surface area contributed by atoms with Crippen LogP contribution in [0.5, 0.6) is 0 Å². The number of carbonyl (C=O) groups excluding carboxylic acids is 2. The summed E-state index contributed by atoms with van der Waals surface area (Å²) in [6, 6.07) is 0. The second-order valence-corrected chi connectivity index (χ2v) is 5.17. The summed E-state index contributed by atoms with van der Waals surface area (Å²) < 4.78 is 4.75. The maximum Gasteiger partial charge on any atom is 0.350 e. The average molecular weight is 265 g/mol. The number of anilines is 1. The third-order valence-corrected chi connectivity index (χ3v) is 4.14. The van der Waals surface area contributed by atoms with Crippen LogP contribution in [0.3, 0.4) is 0 Å². The van der Waals surface area contributed by atoms with Gasteiger partial charge in [-0.25, -0.2) is 4.79 Å². The van der Waals surface area contributed by atoms with E-state index in [1.54, 1.807) is 11.0 Å². The number of ether oxygens (including phenoxy) is 1. The molecule has 0 saturated carbocycles. The van der Waals surface area contributed by atoms with Crippen LogP contribution in [0, 0.1) is 12.8 Å². The van der Waals surface area contributed by atoms with Crippen molar-refractivity contribution in [3.63, 3.8) is 0 Å². The molecule has 96 valence electrons. The zero-order valence-corrected chi connectivity index (χ0v) is 11.3. The molecule has 0 N–H and O–H groups in total. The average Bonchev–Trinajstić information content (AvgIpc) is 2.91. The molecule has 1 amide bonds. The molecule has 0 radical (unpaired) electrons. The van der Waals surface area contributed by atoms with Gasteiger partial charge in [-0.3, -0.25) is 4.79 Å². The molecule has 1 unspecified atom stereocenters. The summed E-state index contributed by atoms with van der Waals surface area (Å²) >= 11 is 1.31. The minimum Gasteiger partial charge on any atom is -0.465 e. The number of amides is 1. The van der Waals surface area contributed by atoms with Crippen molar-refractivity contribution in [2.75, 3.05) is 18.6 Å². The molecule has 2 heterocycles. The van der Waals surface area contributed by atoms with E-state index in [2.05, 4.69) is 6.58 Å². The maximum absolute atomic E-state index is 12.0. The van der Waals surface area contributed by atoms with Gasteiger partial charge in [0.1, 0.15) is 4.88 Å². The fourth-order valence-corrected chi connectivity index (χ4v) is 3.09. The molecule has 1 atom stereocenters. The summed E-state index contributed by atoms with van der Waals surface area (Å²) in [5, 5.41) is 1.87. The lowest BCUT2D eigenvalue weighted by Gasteiger charge is -2.17. The van der Waals surface area contributed by atoms with Crippen molar-refractivity contribution >= 4 is 28.9 Å². The van der Waals surface area contributed by atoms with Crippen LogP contribution >= 0.6 is 11.3 Å². The van der Waals surface area contributed by atoms with Crippen LogP contribution in [0.2, 0.25) is 0 Å². The lowest BCUT2D eigenvalue weighted by Crippen LogP contribution is -2.26. The zero-order chi connectivity index (χ0) is 13.3. The Bertz CT molecular complexity index is 506. The lowest BCUT2D eigenvalue weighted by atomic mass is 10.1. The van der Waals surface area contributed by atoms with E-state index >= 15 is 0 Å². The van der Waals surface area contributed by atoms with E-state index in [-0.39, 0.29) is 11.8 Å². The lowest BCUT2D eigenvalue weighted by molar-refractivity contribution is -0.117. The Balaban J connectivity index is 2.39. The first-order valence-corrected chi connectivity index (χ1v) is 6.55. The van der Waals surface area contributed by atoms with Crippen LogP contribution in [0.4, 0.5) is 5.69 Å². The van der Waals surface area contributed by atoms with Crippen LogP contribution in [-0.2, 0) is 9.53 Å². The standard InChI is InChI=1S/C13H15NO3S/c1-4-9-5-10(15)14(6-9)11-8(2)7-18-12(11)13(16)17-3/h4,7,9H,1,5-6H2,2-3H3. The maximum atomic E-state index is 12.0. The Hall–Kier alpha value is -1.62. The number of nitrogens with zero attached hydrogens (tertiary/aromatic N) is 1. The number of carbonyl (C=O) groups is 2. The highest BCUT2D eigenvalue weighted by Crippen LogP contribution is 2.35. The molecule has 2 rings (SSSR count). The predicted octanol–water partition coefficient (Wildman–Crippen LogP) is 2.38. The van der Waals surface area contributed by atoms with Gasteiger partial charge >= 0.3 is 5.97 Å². The van der Waals surface area contributed by atoms with Gasteiger partial charge in [0.15, 0.2) is 0 Å². The van der Waals surface area contributed by atoms with Crippen LogP contribution < -0.4 is 4.90 Å². The van der Waals surface area contributed by atoms with Crippen LogP contribution in [-0.4, -0.2) is 25.5 Å². The van der Waals surface area contributed by atoms with E-state index in [1.807, 2.05) is 12.3 Å². The predicted molar refractivity (Wildman–Crippen MR) is 71.1 cm³/mol. The van der Waals surface area contributed by atoms with Crippen molar-refractivity contribution in [1.29, 1.82) is 0 Å². The highest BCUT2D eigenvalue weighted by atomic mass is 32.1. The van der Waals surface area contributed by atoms with Crippen molar-refractivity contribution < 1.29 is 14.3 Å². The molecule has 1 fully saturated rings. The quantitative estimate of drug-likeness (QED) is 0.622. The largest absolute Gasteiger partial charge is 0.465 e. The third-order valence-electron chi connectivity index (χ3n) is 3.07. The minimum atomic E-state index is -0.391. The summed E-state index contributed by atoms with van der Waals surface area (Å²) in [7, 11) is 1.35. The molecule has 1 aromatic heterocycles. The second-order valence-electron chi connectivity index (χ2n) is 4.29. The van der Waals surface area contributed by atoms with Crippen molar-refractivity contribution in [1.82, 2.24) is 0 Å². The molecule has 4 nitrogen and oxygen atoms in total. The smallest absolute Gasteiger partial charge is 0.350 e. The molecule has 1 saturated heterocycles. The van der Waals surface area contributed by atoms with E-state index in [9.17, 15) is 9.59 Å². The van der Waals surface area contributed by atoms with Gasteiger partial charge in [-0.1, -0.05) is 6.08 Å².